The van der Waals surface area contributed by atoms with Crippen LogP contribution in [0.1, 0.15) is 24.8 Å². The van der Waals surface area contributed by atoms with E-state index in [9.17, 15) is 9.18 Å². The molecule has 0 saturated carbocycles. The van der Waals surface area contributed by atoms with Gasteiger partial charge in [-0.05, 0) is 25.3 Å². The summed E-state index contributed by atoms with van der Waals surface area (Å²) in [6.07, 6.45) is 3.58. The van der Waals surface area contributed by atoms with Gasteiger partial charge < -0.3 is 10.2 Å². The van der Waals surface area contributed by atoms with E-state index in [-0.39, 0.29) is 11.7 Å². The SMILES string of the molecule is CN(Cc1ccccc1F)C(=O)CN1CCC2CCC(C1)N2. The second-order valence-corrected chi connectivity index (χ2v) is 6.50. The highest BCUT2D eigenvalue weighted by Gasteiger charge is 2.30. The molecule has 1 N–H and O–H groups in total. The number of rotatable bonds is 4. The van der Waals surface area contributed by atoms with Crippen LogP contribution in [0.4, 0.5) is 4.39 Å². The van der Waals surface area contributed by atoms with Crippen LogP contribution < -0.4 is 5.32 Å². The number of likely N-dealkylation sites (N-methyl/N-ethyl adjacent to an activating group) is 1. The molecule has 1 aromatic carbocycles. The fourth-order valence-electron chi connectivity index (χ4n) is 3.44. The van der Waals surface area contributed by atoms with Crippen LogP contribution in [0.5, 0.6) is 0 Å². The van der Waals surface area contributed by atoms with Gasteiger partial charge in [0.2, 0.25) is 5.91 Å². The van der Waals surface area contributed by atoms with Crippen molar-refractivity contribution in [3.05, 3.63) is 35.6 Å². The van der Waals surface area contributed by atoms with Gasteiger partial charge in [0.05, 0.1) is 6.54 Å². The zero-order valence-corrected chi connectivity index (χ0v) is 13.1. The number of carbonyl (C=O) groups excluding carboxylic acids is 1. The summed E-state index contributed by atoms with van der Waals surface area (Å²) in [7, 11) is 1.75. The maximum atomic E-state index is 13.7. The Bertz CT molecular complexity index is 536. The average molecular weight is 305 g/mol. The number of carbonyl (C=O) groups is 1. The van der Waals surface area contributed by atoms with Crippen LogP contribution in [-0.4, -0.2) is 54.5 Å². The quantitative estimate of drug-likeness (QED) is 0.918. The molecule has 2 atom stereocenters. The van der Waals surface area contributed by atoms with E-state index in [0.29, 0.717) is 30.7 Å². The van der Waals surface area contributed by atoms with Gasteiger partial charge in [-0.25, -0.2) is 4.39 Å². The molecule has 0 aliphatic carbocycles. The molecule has 2 saturated heterocycles. The van der Waals surface area contributed by atoms with E-state index in [1.165, 1.54) is 18.9 Å². The number of nitrogens with zero attached hydrogens (tertiary/aromatic N) is 2. The summed E-state index contributed by atoms with van der Waals surface area (Å²) in [5, 5.41) is 3.62. The fraction of sp³-hybridized carbons (Fsp3) is 0.588. The molecule has 2 fully saturated rings. The molecule has 2 heterocycles. The zero-order valence-electron chi connectivity index (χ0n) is 13.1. The minimum atomic E-state index is -0.251. The van der Waals surface area contributed by atoms with E-state index >= 15 is 0 Å². The molecule has 22 heavy (non-hydrogen) atoms. The predicted octanol–water partition coefficient (Wildman–Crippen LogP) is 1.61. The van der Waals surface area contributed by atoms with Gasteiger partial charge >= 0.3 is 0 Å². The van der Waals surface area contributed by atoms with Gasteiger partial charge in [-0.15, -0.1) is 0 Å². The largest absolute Gasteiger partial charge is 0.340 e. The summed E-state index contributed by atoms with van der Waals surface area (Å²) in [4.78, 5) is 16.2. The van der Waals surface area contributed by atoms with Gasteiger partial charge in [-0.3, -0.25) is 9.69 Å². The molecule has 0 aromatic heterocycles. The molecule has 0 radical (unpaired) electrons. The summed E-state index contributed by atoms with van der Waals surface area (Å²) in [5.41, 5.74) is 0.565. The molecule has 5 heteroatoms. The molecule has 120 valence electrons. The molecule has 2 aliphatic heterocycles. The Labute approximate surface area is 131 Å². The molecular formula is C17H24FN3O. The highest BCUT2D eigenvalue weighted by molar-refractivity contribution is 5.78. The first-order chi connectivity index (χ1) is 10.6. The highest BCUT2D eigenvalue weighted by atomic mass is 19.1. The smallest absolute Gasteiger partial charge is 0.236 e. The van der Waals surface area contributed by atoms with Crippen LogP contribution in [0, 0.1) is 5.82 Å². The van der Waals surface area contributed by atoms with Gasteiger partial charge in [0.25, 0.3) is 0 Å². The van der Waals surface area contributed by atoms with Crippen molar-refractivity contribution in [2.75, 3.05) is 26.7 Å². The topological polar surface area (TPSA) is 35.6 Å². The average Bonchev–Trinajstić information content (AvgIpc) is 2.84. The van der Waals surface area contributed by atoms with Crippen LogP contribution >= 0.6 is 0 Å². The van der Waals surface area contributed by atoms with Crippen molar-refractivity contribution in [2.24, 2.45) is 0 Å². The van der Waals surface area contributed by atoms with Crippen LogP contribution in [0.15, 0.2) is 24.3 Å². The number of fused-ring (bicyclic) bond motifs is 2. The van der Waals surface area contributed by atoms with Gasteiger partial charge in [0, 0.05) is 44.3 Å². The van der Waals surface area contributed by atoms with E-state index in [0.717, 1.165) is 19.5 Å². The second-order valence-electron chi connectivity index (χ2n) is 6.50. The second kappa shape index (κ2) is 6.75. The third kappa shape index (κ3) is 3.65. The van der Waals surface area contributed by atoms with E-state index in [1.54, 1.807) is 30.1 Å². The first kappa shape index (κ1) is 15.4. The van der Waals surface area contributed by atoms with Crippen molar-refractivity contribution >= 4 is 5.91 Å². The Balaban J connectivity index is 1.54. The van der Waals surface area contributed by atoms with Crippen molar-refractivity contribution in [1.29, 1.82) is 0 Å². The summed E-state index contributed by atoms with van der Waals surface area (Å²) in [6.45, 7) is 2.66. The molecular weight excluding hydrogens is 281 g/mol. The lowest BCUT2D eigenvalue weighted by Crippen LogP contribution is -2.42. The minimum absolute atomic E-state index is 0.0565. The van der Waals surface area contributed by atoms with E-state index in [4.69, 9.17) is 0 Å². The minimum Gasteiger partial charge on any atom is -0.340 e. The van der Waals surface area contributed by atoms with E-state index < -0.39 is 0 Å². The lowest BCUT2D eigenvalue weighted by molar-refractivity contribution is -0.131. The fourth-order valence-corrected chi connectivity index (χ4v) is 3.44. The molecule has 2 aliphatic rings. The van der Waals surface area contributed by atoms with Crippen molar-refractivity contribution in [3.63, 3.8) is 0 Å². The van der Waals surface area contributed by atoms with Crippen LogP contribution in [-0.2, 0) is 11.3 Å². The standard InChI is InChI=1S/C17H24FN3O/c1-20(10-13-4-2-3-5-16(13)18)17(22)12-21-9-8-14-6-7-15(11-21)19-14/h2-5,14-15,19H,6-12H2,1H3. The molecule has 2 unspecified atom stereocenters. The highest BCUT2D eigenvalue weighted by Crippen LogP contribution is 2.20. The van der Waals surface area contributed by atoms with Gasteiger partial charge in [0.1, 0.15) is 5.82 Å². The van der Waals surface area contributed by atoms with Gasteiger partial charge in [-0.2, -0.15) is 0 Å². The number of likely N-dealkylation sites (tertiary alicyclic amines) is 1. The molecule has 0 spiro atoms. The zero-order chi connectivity index (χ0) is 15.5. The van der Waals surface area contributed by atoms with Gasteiger partial charge in [0.15, 0.2) is 0 Å². The van der Waals surface area contributed by atoms with Crippen molar-refractivity contribution in [2.45, 2.75) is 37.9 Å². The number of halogens is 1. The molecule has 3 rings (SSSR count). The van der Waals surface area contributed by atoms with E-state index in [1.807, 2.05) is 0 Å². The maximum absolute atomic E-state index is 13.7. The Morgan fingerprint density at radius 2 is 2.09 bits per heavy atom. The Morgan fingerprint density at radius 3 is 2.91 bits per heavy atom. The third-order valence-corrected chi connectivity index (χ3v) is 4.76. The number of benzene rings is 1. The Hall–Kier alpha value is -1.46. The van der Waals surface area contributed by atoms with Crippen LogP contribution in [0.25, 0.3) is 0 Å². The van der Waals surface area contributed by atoms with E-state index in [2.05, 4.69) is 10.2 Å². The summed E-state index contributed by atoms with van der Waals surface area (Å²) < 4.78 is 13.7. The first-order valence-corrected chi connectivity index (χ1v) is 8.07. The third-order valence-electron chi connectivity index (χ3n) is 4.76. The number of hydrogen-bond donors (Lipinski definition) is 1. The Kier molecular flexibility index (Phi) is 4.74. The molecule has 4 nitrogen and oxygen atoms in total. The molecule has 1 amide bonds. The van der Waals surface area contributed by atoms with Crippen LogP contribution in [0.3, 0.4) is 0 Å². The predicted molar refractivity (Wildman–Crippen MR) is 83.9 cm³/mol. The summed E-state index contributed by atoms with van der Waals surface area (Å²) >= 11 is 0. The Morgan fingerprint density at radius 1 is 1.32 bits per heavy atom. The lowest BCUT2D eigenvalue weighted by Gasteiger charge is -2.26. The number of nitrogens with one attached hydrogen (secondary N) is 1. The molecule has 1 aromatic rings. The first-order valence-electron chi connectivity index (χ1n) is 8.07. The maximum Gasteiger partial charge on any atom is 0.236 e. The van der Waals surface area contributed by atoms with Crippen molar-refractivity contribution in [1.82, 2.24) is 15.1 Å². The lowest BCUT2D eigenvalue weighted by atomic mass is 10.1. The number of hydrogen-bond acceptors (Lipinski definition) is 3. The normalized spacial score (nSPS) is 25.0. The van der Waals surface area contributed by atoms with Crippen molar-refractivity contribution in [3.8, 4) is 0 Å². The summed E-state index contributed by atoms with van der Waals surface area (Å²) in [5.74, 6) is -0.195. The monoisotopic (exact) mass is 305 g/mol. The van der Waals surface area contributed by atoms with Crippen LogP contribution in [0.2, 0.25) is 0 Å². The summed E-state index contributed by atoms with van der Waals surface area (Å²) in [6, 6.07) is 7.78. The van der Waals surface area contributed by atoms with Crippen molar-refractivity contribution < 1.29 is 9.18 Å². The van der Waals surface area contributed by atoms with Gasteiger partial charge in [-0.1, -0.05) is 18.2 Å². The number of amides is 1. The molecule has 2 bridgehead atoms.